The highest BCUT2D eigenvalue weighted by atomic mass is 32.2. The molecule has 0 aliphatic carbocycles. The maximum atomic E-state index is 14.1. The van der Waals surface area contributed by atoms with E-state index in [0.29, 0.717) is 0 Å². The number of benzene rings is 2. The number of halogens is 5. The first-order valence-electron chi connectivity index (χ1n) is 5.64. The van der Waals surface area contributed by atoms with Gasteiger partial charge in [-0.15, -0.1) is 0 Å². The predicted molar refractivity (Wildman–Crippen MR) is 64.8 cm³/mol. The molecule has 0 saturated heterocycles. The summed E-state index contributed by atoms with van der Waals surface area (Å²) in [5.41, 5.74) is -3.65. The van der Waals surface area contributed by atoms with Gasteiger partial charge in [0.2, 0.25) is 0 Å². The molecule has 0 aliphatic heterocycles. The lowest BCUT2D eigenvalue weighted by atomic mass is 10.0. The lowest BCUT2D eigenvalue weighted by molar-refractivity contribution is -0.142. The smallest absolute Gasteiger partial charge is 0.422 e. The van der Waals surface area contributed by atoms with Crippen LogP contribution in [-0.2, 0) is 16.3 Å². The van der Waals surface area contributed by atoms with E-state index < -0.39 is 44.0 Å². The summed E-state index contributed by atoms with van der Waals surface area (Å²) in [6.07, 6.45) is -5.39. The molecule has 0 amide bonds. The van der Waals surface area contributed by atoms with Crippen LogP contribution in [0.2, 0.25) is 0 Å². The molecule has 0 aromatic heterocycles. The number of rotatable bonds is 2. The van der Waals surface area contributed by atoms with Crippen molar-refractivity contribution >= 4 is 10.1 Å². The third kappa shape index (κ3) is 2.95. The molecule has 0 spiro atoms. The van der Waals surface area contributed by atoms with Gasteiger partial charge in [-0.1, -0.05) is 30.3 Å². The van der Waals surface area contributed by atoms with Crippen molar-refractivity contribution in [2.75, 3.05) is 0 Å². The lowest BCUT2D eigenvalue weighted by Gasteiger charge is -2.18. The van der Waals surface area contributed by atoms with Crippen molar-refractivity contribution in [3.63, 3.8) is 0 Å². The molecule has 0 aliphatic rings. The number of hydrogen-bond acceptors (Lipinski definition) is 3. The Kier molecular flexibility index (Phi) is 3.96. The molecule has 0 N–H and O–H groups in total. The van der Waals surface area contributed by atoms with Gasteiger partial charge in [0.05, 0.1) is 4.90 Å². The van der Waals surface area contributed by atoms with Crippen molar-refractivity contribution < 1.29 is 34.9 Å². The molecule has 2 aromatic carbocycles. The average Bonchev–Trinajstić information content (AvgIpc) is 2.36. The van der Waals surface area contributed by atoms with Crippen molar-refractivity contribution in [1.82, 2.24) is 0 Å². The van der Waals surface area contributed by atoms with Crippen LogP contribution < -0.4 is 0 Å². The third-order valence-corrected chi connectivity index (χ3v) is 3.66. The number of hydrogen-bond donors (Lipinski definition) is 0. The summed E-state index contributed by atoms with van der Waals surface area (Å²) >= 11 is 0. The molecule has 0 atom stereocenters. The molecular formula is C13H6F5O3S-. The zero-order valence-electron chi connectivity index (χ0n) is 10.5. The van der Waals surface area contributed by atoms with E-state index in [1.165, 1.54) is 18.2 Å². The Labute approximate surface area is 121 Å². The summed E-state index contributed by atoms with van der Waals surface area (Å²) in [6.45, 7) is 0. The van der Waals surface area contributed by atoms with Gasteiger partial charge in [0.25, 0.3) is 0 Å². The highest BCUT2D eigenvalue weighted by molar-refractivity contribution is 7.85. The topological polar surface area (TPSA) is 57.2 Å². The molecule has 0 saturated carbocycles. The molecule has 3 nitrogen and oxygen atoms in total. The fourth-order valence-electron chi connectivity index (χ4n) is 1.93. The Morgan fingerprint density at radius 2 is 1.55 bits per heavy atom. The molecule has 9 heteroatoms. The van der Waals surface area contributed by atoms with Crippen molar-refractivity contribution in [2.24, 2.45) is 0 Å². The third-order valence-electron chi connectivity index (χ3n) is 2.80. The summed E-state index contributed by atoms with van der Waals surface area (Å²) in [6, 6.07) is 6.13. The molecule has 2 rings (SSSR count). The Morgan fingerprint density at radius 3 is 2.00 bits per heavy atom. The maximum Gasteiger partial charge on any atom is 0.422 e. The van der Waals surface area contributed by atoms with Crippen molar-refractivity contribution in [1.29, 1.82) is 0 Å². The molecule has 0 radical (unpaired) electrons. The summed E-state index contributed by atoms with van der Waals surface area (Å²) in [7, 11) is -5.39. The highest BCUT2D eigenvalue weighted by Crippen LogP contribution is 2.40. The van der Waals surface area contributed by atoms with E-state index in [2.05, 4.69) is 0 Å². The Morgan fingerprint density at radius 1 is 1.00 bits per heavy atom. The van der Waals surface area contributed by atoms with E-state index in [1.54, 1.807) is 0 Å². The van der Waals surface area contributed by atoms with Gasteiger partial charge in [-0.25, -0.2) is 17.2 Å². The second-order valence-electron chi connectivity index (χ2n) is 4.24. The summed E-state index contributed by atoms with van der Waals surface area (Å²) in [5, 5.41) is 0. The summed E-state index contributed by atoms with van der Waals surface area (Å²) in [4.78, 5) is -1.39. The molecule has 0 fully saturated rings. The van der Waals surface area contributed by atoms with Crippen molar-refractivity contribution in [3.8, 4) is 11.1 Å². The summed E-state index contributed by atoms with van der Waals surface area (Å²) < 4.78 is 99.2. The van der Waals surface area contributed by atoms with Gasteiger partial charge in [0.15, 0.2) is 0 Å². The van der Waals surface area contributed by atoms with E-state index in [-0.39, 0.29) is 11.6 Å². The average molecular weight is 337 g/mol. The molecule has 0 bridgehead atoms. The molecule has 118 valence electrons. The second-order valence-corrected chi connectivity index (χ2v) is 5.59. The first kappa shape index (κ1) is 16.4. The van der Waals surface area contributed by atoms with E-state index in [4.69, 9.17) is 0 Å². The van der Waals surface area contributed by atoms with Crippen LogP contribution in [-0.4, -0.2) is 13.0 Å². The predicted octanol–water partition coefficient (Wildman–Crippen LogP) is 3.55. The lowest BCUT2D eigenvalue weighted by Crippen LogP contribution is -2.15. The van der Waals surface area contributed by atoms with Gasteiger partial charge in [-0.3, -0.25) is 0 Å². The van der Waals surface area contributed by atoms with Gasteiger partial charge >= 0.3 is 6.18 Å². The quantitative estimate of drug-likeness (QED) is 0.622. The van der Waals surface area contributed by atoms with Gasteiger partial charge in [-0.05, 0) is 11.6 Å². The van der Waals surface area contributed by atoms with Gasteiger partial charge in [0, 0.05) is 5.56 Å². The minimum atomic E-state index is -5.39. The summed E-state index contributed by atoms with van der Waals surface area (Å²) in [5.74, 6) is -4.31. The van der Waals surface area contributed by atoms with Crippen LogP contribution >= 0.6 is 0 Å². The van der Waals surface area contributed by atoms with Crippen LogP contribution in [0, 0.1) is 11.6 Å². The largest absolute Gasteiger partial charge is 0.744 e. The van der Waals surface area contributed by atoms with Crippen LogP contribution in [0.25, 0.3) is 11.1 Å². The van der Waals surface area contributed by atoms with E-state index in [1.807, 2.05) is 0 Å². The second kappa shape index (κ2) is 5.33. The van der Waals surface area contributed by atoms with Crippen LogP contribution in [0.1, 0.15) is 5.56 Å². The standard InChI is InChI=1S/C13H7F5O3S/c14-8-6-9(22(19,20)21)10(7-4-2-1-3-5-7)12(15)11(8)13(16,17)18/h1-6H,(H,19,20,21)/p-1. The normalized spacial score (nSPS) is 12.5. The van der Waals surface area contributed by atoms with Gasteiger partial charge < -0.3 is 4.55 Å². The fourth-order valence-corrected chi connectivity index (χ4v) is 2.63. The van der Waals surface area contributed by atoms with Crippen LogP contribution in [0.3, 0.4) is 0 Å². The van der Waals surface area contributed by atoms with Gasteiger partial charge in [0.1, 0.15) is 27.3 Å². The highest BCUT2D eigenvalue weighted by Gasteiger charge is 2.40. The van der Waals surface area contributed by atoms with Gasteiger partial charge in [-0.2, -0.15) is 13.2 Å². The van der Waals surface area contributed by atoms with Crippen LogP contribution in [0.5, 0.6) is 0 Å². The van der Waals surface area contributed by atoms with E-state index >= 15 is 0 Å². The Bertz CT molecular complexity index is 814. The molecule has 22 heavy (non-hydrogen) atoms. The minimum Gasteiger partial charge on any atom is -0.744 e. The zero-order chi connectivity index (χ0) is 16.7. The van der Waals surface area contributed by atoms with Crippen molar-refractivity contribution in [3.05, 3.63) is 53.6 Å². The molecular weight excluding hydrogens is 331 g/mol. The molecule has 0 unspecified atom stereocenters. The monoisotopic (exact) mass is 337 g/mol. The first-order chi connectivity index (χ1) is 10.0. The zero-order valence-corrected chi connectivity index (χ0v) is 11.3. The van der Waals surface area contributed by atoms with E-state index in [9.17, 15) is 34.9 Å². The maximum absolute atomic E-state index is 14.1. The fraction of sp³-hybridized carbons (Fsp3) is 0.0769. The first-order valence-corrected chi connectivity index (χ1v) is 7.05. The number of alkyl halides is 3. The van der Waals surface area contributed by atoms with E-state index in [0.717, 1.165) is 12.1 Å². The Hall–Kier alpha value is -2.00. The molecule has 0 heterocycles. The SMILES string of the molecule is O=S(=O)([O-])c1cc(F)c(C(F)(F)F)c(F)c1-c1ccccc1. The Balaban J connectivity index is 2.96. The van der Waals surface area contributed by atoms with Crippen LogP contribution in [0.15, 0.2) is 41.3 Å². The minimum absolute atomic E-state index is 0.115. The van der Waals surface area contributed by atoms with Crippen LogP contribution in [0.4, 0.5) is 22.0 Å². The van der Waals surface area contributed by atoms with Crippen molar-refractivity contribution in [2.45, 2.75) is 11.1 Å². The molecule has 2 aromatic rings.